The Labute approximate surface area is 58.0 Å². The number of nitrogens with one attached hydrogen (secondary N) is 2. The second-order valence-corrected chi connectivity index (χ2v) is 2.32. The highest BCUT2D eigenvalue weighted by atomic mass is 35.5. The van der Waals surface area contributed by atoms with E-state index in [9.17, 15) is 4.79 Å². The molecule has 3 nitrogen and oxygen atoms in total. The minimum atomic E-state index is -0.126. The normalized spacial score (nSPS) is 26.2. The summed E-state index contributed by atoms with van der Waals surface area (Å²) in [7, 11) is 0. The van der Waals surface area contributed by atoms with Gasteiger partial charge < -0.3 is 0 Å². The van der Waals surface area contributed by atoms with Crippen LogP contribution in [0.4, 0.5) is 0 Å². The summed E-state index contributed by atoms with van der Waals surface area (Å²) in [4.78, 5) is 10.7. The first-order valence-corrected chi connectivity index (χ1v) is 3.01. The van der Waals surface area contributed by atoms with Gasteiger partial charge in [-0.1, -0.05) is 11.6 Å². The van der Waals surface area contributed by atoms with Crippen molar-refractivity contribution in [2.45, 2.75) is 6.92 Å². The number of amides is 1. The highest BCUT2D eigenvalue weighted by Gasteiger charge is 2.14. The molecule has 0 saturated heterocycles. The van der Waals surface area contributed by atoms with Crippen molar-refractivity contribution in [1.29, 1.82) is 0 Å². The monoisotopic (exact) mass is 146 g/mol. The molecular weight excluding hydrogens is 140 g/mol. The Hall–Kier alpha value is -0.700. The molecule has 2 N–H and O–H groups in total. The zero-order valence-corrected chi connectivity index (χ0v) is 5.70. The van der Waals surface area contributed by atoms with E-state index in [-0.39, 0.29) is 11.8 Å². The molecular formula is C5H7ClN2O. The standard InChI is InChI=1S/C5H7ClN2O/c1-3-2-4(6)7-8-5(3)9/h2-3,7H,1H3,(H,8,9)/t3-/m1/s1. The van der Waals surface area contributed by atoms with Gasteiger partial charge in [0, 0.05) is 0 Å². The third-order valence-corrected chi connectivity index (χ3v) is 1.34. The lowest BCUT2D eigenvalue weighted by Gasteiger charge is -2.15. The fourth-order valence-electron chi connectivity index (χ4n) is 0.572. The van der Waals surface area contributed by atoms with Crippen molar-refractivity contribution in [2.24, 2.45) is 5.92 Å². The molecule has 1 atom stereocenters. The van der Waals surface area contributed by atoms with Crippen molar-refractivity contribution in [3.63, 3.8) is 0 Å². The van der Waals surface area contributed by atoms with Gasteiger partial charge in [-0.25, -0.2) is 0 Å². The first-order valence-electron chi connectivity index (χ1n) is 2.63. The second-order valence-electron chi connectivity index (χ2n) is 1.92. The topological polar surface area (TPSA) is 41.1 Å². The molecule has 50 valence electrons. The lowest BCUT2D eigenvalue weighted by Crippen LogP contribution is -2.42. The zero-order chi connectivity index (χ0) is 6.85. The van der Waals surface area contributed by atoms with Gasteiger partial charge in [-0.15, -0.1) is 0 Å². The fraction of sp³-hybridized carbons (Fsp3) is 0.400. The van der Waals surface area contributed by atoms with Crippen LogP contribution in [0, 0.1) is 5.92 Å². The maximum Gasteiger partial charge on any atom is 0.245 e. The molecule has 0 saturated carbocycles. The van der Waals surface area contributed by atoms with Crippen molar-refractivity contribution in [2.75, 3.05) is 0 Å². The maximum atomic E-state index is 10.7. The Kier molecular flexibility index (Phi) is 1.62. The molecule has 0 aromatic carbocycles. The average Bonchev–Trinajstić information content (AvgIpc) is 1.80. The van der Waals surface area contributed by atoms with Crippen LogP contribution < -0.4 is 10.9 Å². The number of carbonyl (C=O) groups excluding carboxylic acids is 1. The van der Waals surface area contributed by atoms with Crippen molar-refractivity contribution < 1.29 is 4.79 Å². The van der Waals surface area contributed by atoms with E-state index in [2.05, 4.69) is 10.9 Å². The lowest BCUT2D eigenvalue weighted by atomic mass is 10.1. The molecule has 0 aromatic heterocycles. The predicted octanol–water partition coefficient (Wildman–Crippen LogP) is 0.337. The summed E-state index contributed by atoms with van der Waals surface area (Å²) in [5, 5.41) is 0.474. The summed E-state index contributed by atoms with van der Waals surface area (Å²) >= 11 is 5.51. The van der Waals surface area contributed by atoms with Gasteiger partial charge in [0.1, 0.15) is 5.16 Å². The number of carbonyl (C=O) groups is 1. The molecule has 0 aromatic rings. The first-order chi connectivity index (χ1) is 4.20. The van der Waals surface area contributed by atoms with Gasteiger partial charge in [0.2, 0.25) is 5.91 Å². The second kappa shape index (κ2) is 2.27. The van der Waals surface area contributed by atoms with Crippen molar-refractivity contribution in [3.05, 3.63) is 11.2 Å². The van der Waals surface area contributed by atoms with E-state index in [1.54, 1.807) is 13.0 Å². The summed E-state index contributed by atoms with van der Waals surface area (Å²) in [6, 6.07) is 0. The Morgan fingerprint density at radius 3 is 2.78 bits per heavy atom. The molecule has 0 spiro atoms. The van der Waals surface area contributed by atoms with Gasteiger partial charge in [0.05, 0.1) is 5.92 Å². The summed E-state index contributed by atoms with van der Waals surface area (Å²) in [6.45, 7) is 1.78. The van der Waals surface area contributed by atoms with Gasteiger partial charge in [-0.3, -0.25) is 15.6 Å². The molecule has 0 bridgehead atoms. The summed E-state index contributed by atoms with van der Waals surface area (Å²) in [6.07, 6.45) is 1.65. The smallest absolute Gasteiger partial charge is 0.245 e. The highest BCUT2D eigenvalue weighted by molar-refractivity contribution is 6.29. The quantitative estimate of drug-likeness (QED) is 0.484. The van der Waals surface area contributed by atoms with E-state index >= 15 is 0 Å². The third-order valence-electron chi connectivity index (χ3n) is 1.12. The molecule has 0 radical (unpaired) electrons. The first kappa shape index (κ1) is 6.42. The van der Waals surface area contributed by atoms with Crippen LogP contribution in [-0.2, 0) is 4.79 Å². The SMILES string of the molecule is C[C@@H]1C=C(Cl)NNC1=O. The molecule has 1 rings (SSSR count). The molecule has 1 aliphatic rings. The number of halogens is 1. The molecule has 0 fully saturated rings. The van der Waals surface area contributed by atoms with Crippen LogP contribution in [0.15, 0.2) is 11.2 Å². The van der Waals surface area contributed by atoms with E-state index in [0.717, 1.165) is 0 Å². The minimum absolute atomic E-state index is 0.0561. The van der Waals surface area contributed by atoms with Crippen molar-refractivity contribution in [1.82, 2.24) is 10.9 Å². The van der Waals surface area contributed by atoms with E-state index in [4.69, 9.17) is 11.6 Å². The van der Waals surface area contributed by atoms with Crippen LogP contribution >= 0.6 is 11.6 Å². The van der Waals surface area contributed by atoms with E-state index in [0.29, 0.717) is 5.16 Å². The van der Waals surface area contributed by atoms with Gasteiger partial charge in [-0.2, -0.15) is 0 Å². The van der Waals surface area contributed by atoms with Crippen LogP contribution in [0.25, 0.3) is 0 Å². The number of hydrazine groups is 1. The summed E-state index contributed by atoms with van der Waals surface area (Å²) < 4.78 is 0. The van der Waals surface area contributed by atoms with Crippen LogP contribution in [-0.4, -0.2) is 5.91 Å². The molecule has 9 heavy (non-hydrogen) atoms. The number of rotatable bonds is 0. The van der Waals surface area contributed by atoms with E-state index in [1.165, 1.54) is 0 Å². The van der Waals surface area contributed by atoms with Crippen LogP contribution in [0.1, 0.15) is 6.92 Å². The molecule has 1 amide bonds. The number of hydrogen-bond donors (Lipinski definition) is 2. The van der Waals surface area contributed by atoms with Gasteiger partial charge in [0.25, 0.3) is 0 Å². The van der Waals surface area contributed by atoms with Crippen LogP contribution in [0.2, 0.25) is 0 Å². The Bertz CT molecular complexity index is 166. The average molecular weight is 147 g/mol. The van der Waals surface area contributed by atoms with Gasteiger partial charge in [0.15, 0.2) is 0 Å². The van der Waals surface area contributed by atoms with Gasteiger partial charge in [-0.05, 0) is 13.0 Å². The largest absolute Gasteiger partial charge is 0.288 e. The van der Waals surface area contributed by atoms with E-state index in [1.807, 2.05) is 0 Å². The van der Waals surface area contributed by atoms with Crippen LogP contribution in [0.3, 0.4) is 0 Å². The summed E-state index contributed by atoms with van der Waals surface area (Å²) in [5.74, 6) is -0.182. The summed E-state index contributed by atoms with van der Waals surface area (Å²) in [5.41, 5.74) is 4.88. The molecule has 4 heteroatoms. The van der Waals surface area contributed by atoms with Crippen molar-refractivity contribution >= 4 is 17.5 Å². The maximum absolute atomic E-state index is 10.7. The zero-order valence-electron chi connectivity index (χ0n) is 4.94. The third kappa shape index (κ3) is 1.36. The van der Waals surface area contributed by atoms with Crippen LogP contribution in [0.5, 0.6) is 0 Å². The molecule has 1 heterocycles. The predicted molar refractivity (Wildman–Crippen MR) is 34.4 cm³/mol. The Morgan fingerprint density at radius 1 is 1.67 bits per heavy atom. The lowest BCUT2D eigenvalue weighted by molar-refractivity contribution is -0.124. The van der Waals surface area contributed by atoms with E-state index < -0.39 is 0 Å². The number of hydrogen-bond acceptors (Lipinski definition) is 2. The van der Waals surface area contributed by atoms with Gasteiger partial charge >= 0.3 is 0 Å². The molecule has 0 aliphatic carbocycles. The Morgan fingerprint density at radius 2 is 2.33 bits per heavy atom. The Balaban J connectivity index is 2.69. The highest BCUT2D eigenvalue weighted by Crippen LogP contribution is 2.07. The van der Waals surface area contributed by atoms with Crippen molar-refractivity contribution in [3.8, 4) is 0 Å². The fourth-order valence-corrected chi connectivity index (χ4v) is 0.808. The molecule has 1 aliphatic heterocycles. The minimum Gasteiger partial charge on any atom is -0.288 e. The molecule has 0 unspecified atom stereocenters.